The Labute approximate surface area is 87.3 Å². The zero-order chi connectivity index (χ0) is 11.0. The molecule has 2 radical (unpaired) electrons. The maximum absolute atomic E-state index is 11.1. The van der Waals surface area contributed by atoms with E-state index in [2.05, 4.69) is 6.58 Å². The van der Waals surface area contributed by atoms with E-state index in [4.69, 9.17) is 13.6 Å². The predicted molar refractivity (Wildman–Crippen MR) is 53.7 cm³/mol. The van der Waals surface area contributed by atoms with Gasteiger partial charge >= 0.3 is 16.0 Å². The summed E-state index contributed by atoms with van der Waals surface area (Å²) in [6.07, 6.45) is 0.495. The second-order valence-corrected chi connectivity index (χ2v) is 3.68. The number of hydrogen-bond donors (Lipinski definition) is 0. The lowest BCUT2D eigenvalue weighted by Crippen LogP contribution is -2.24. The zero-order valence-corrected chi connectivity index (χ0v) is 9.83. The lowest BCUT2D eigenvalue weighted by Gasteiger charge is -2.15. The molecule has 0 aromatic rings. The molecular weight excluding hydrogens is 200 g/mol. The third-order valence-corrected chi connectivity index (χ3v) is 1.94. The Bertz CT molecular complexity index is 193. The molecule has 80 valence electrons. The highest BCUT2D eigenvalue weighted by Gasteiger charge is 2.13. The Morgan fingerprint density at radius 2 is 2.21 bits per heavy atom. The Balaban J connectivity index is 3.78. The Kier molecular flexibility index (Phi) is 7.36. The first-order valence-electron chi connectivity index (χ1n) is 4.38. The molecule has 0 amide bonds. The summed E-state index contributed by atoms with van der Waals surface area (Å²) in [5, 5.41) is 0. The summed E-state index contributed by atoms with van der Waals surface area (Å²) in [7, 11) is 1.54. The van der Waals surface area contributed by atoms with Gasteiger partial charge in [0, 0.05) is 12.7 Å². The van der Waals surface area contributed by atoms with Crippen LogP contribution in [0.1, 0.15) is 20.3 Å². The Morgan fingerprint density at radius 3 is 2.64 bits per heavy atom. The van der Waals surface area contributed by atoms with Crippen molar-refractivity contribution in [1.82, 2.24) is 0 Å². The molecular formula is C9H16O4Si. The van der Waals surface area contributed by atoms with Gasteiger partial charge in [0.2, 0.25) is 0 Å². The van der Waals surface area contributed by atoms with Crippen molar-refractivity contribution in [2.75, 3.05) is 13.7 Å². The van der Waals surface area contributed by atoms with Gasteiger partial charge in [0.05, 0.1) is 6.61 Å². The second kappa shape index (κ2) is 7.72. The summed E-state index contributed by atoms with van der Waals surface area (Å²) < 4.78 is 14.9. The summed E-state index contributed by atoms with van der Waals surface area (Å²) >= 11 is 0. The minimum absolute atomic E-state index is 0.0119. The predicted octanol–water partition coefficient (Wildman–Crippen LogP) is 1.08. The molecule has 0 N–H and O–H groups in total. The normalized spacial score (nSPS) is 12.2. The quantitative estimate of drug-likeness (QED) is 0.276. The van der Waals surface area contributed by atoms with E-state index in [1.807, 2.05) is 6.92 Å². The average molecular weight is 216 g/mol. The average Bonchev–Trinajstić information content (AvgIpc) is 2.16. The molecule has 0 aliphatic heterocycles. The monoisotopic (exact) mass is 216 g/mol. The van der Waals surface area contributed by atoms with Gasteiger partial charge in [-0.25, -0.2) is 4.79 Å². The van der Waals surface area contributed by atoms with E-state index in [-0.39, 0.29) is 22.1 Å². The summed E-state index contributed by atoms with van der Waals surface area (Å²) in [6.45, 7) is 7.41. The van der Waals surface area contributed by atoms with E-state index < -0.39 is 0 Å². The van der Waals surface area contributed by atoms with Gasteiger partial charge in [-0.3, -0.25) is 0 Å². The fourth-order valence-corrected chi connectivity index (χ4v) is 1.04. The molecule has 0 aromatic carbocycles. The van der Waals surface area contributed by atoms with Crippen molar-refractivity contribution >= 4 is 16.0 Å². The molecule has 0 aliphatic carbocycles. The molecule has 0 heterocycles. The number of rotatable bonds is 7. The molecule has 0 fully saturated rings. The smallest absolute Gasteiger partial charge is 0.433 e. The summed E-state index contributed by atoms with van der Waals surface area (Å²) in [4.78, 5) is 11.1. The SMILES string of the molecule is C=C(C)C(=O)OC(CC)CO[Si]OC. The minimum atomic E-state index is -0.374. The summed E-state index contributed by atoms with van der Waals surface area (Å²) in [5.41, 5.74) is 0.401. The highest BCUT2D eigenvalue weighted by molar-refractivity contribution is 6.17. The lowest BCUT2D eigenvalue weighted by molar-refractivity contribution is -0.146. The van der Waals surface area contributed by atoms with Crippen LogP contribution in [0.3, 0.4) is 0 Å². The highest BCUT2D eigenvalue weighted by Crippen LogP contribution is 2.02. The van der Waals surface area contributed by atoms with Gasteiger partial charge in [-0.05, 0) is 13.3 Å². The fraction of sp³-hybridized carbons (Fsp3) is 0.667. The second-order valence-electron chi connectivity index (χ2n) is 2.81. The van der Waals surface area contributed by atoms with Crippen LogP contribution >= 0.6 is 0 Å². The van der Waals surface area contributed by atoms with E-state index in [1.165, 1.54) is 0 Å². The standard InChI is InChI=1S/C9H16O4Si/c1-5-8(6-12-14-11-4)13-9(10)7(2)3/h8H,2,5-6H2,1,3-4H3. The maximum Gasteiger partial charge on any atom is 0.433 e. The molecule has 0 rings (SSSR count). The van der Waals surface area contributed by atoms with Crippen molar-refractivity contribution in [2.45, 2.75) is 26.4 Å². The Morgan fingerprint density at radius 1 is 1.57 bits per heavy atom. The van der Waals surface area contributed by atoms with Gasteiger partial charge < -0.3 is 13.6 Å². The maximum atomic E-state index is 11.1. The van der Waals surface area contributed by atoms with Crippen LogP contribution < -0.4 is 0 Å². The summed E-state index contributed by atoms with van der Waals surface area (Å²) in [6, 6.07) is 0. The van der Waals surface area contributed by atoms with Crippen LogP contribution in [0.5, 0.6) is 0 Å². The molecule has 0 aliphatic rings. The third-order valence-electron chi connectivity index (χ3n) is 1.49. The van der Waals surface area contributed by atoms with Crippen LogP contribution in [-0.2, 0) is 18.4 Å². The van der Waals surface area contributed by atoms with E-state index in [9.17, 15) is 4.79 Å². The number of carbonyl (C=O) groups is 1. The van der Waals surface area contributed by atoms with Gasteiger partial charge in [0.25, 0.3) is 0 Å². The number of hydrogen-bond acceptors (Lipinski definition) is 4. The largest absolute Gasteiger partial charge is 0.457 e. The van der Waals surface area contributed by atoms with E-state index in [0.717, 1.165) is 0 Å². The van der Waals surface area contributed by atoms with E-state index in [1.54, 1.807) is 14.0 Å². The lowest BCUT2D eigenvalue weighted by atomic mass is 10.3. The molecule has 0 saturated carbocycles. The van der Waals surface area contributed by atoms with Crippen LogP contribution in [0.2, 0.25) is 0 Å². The van der Waals surface area contributed by atoms with Gasteiger partial charge in [-0.15, -0.1) is 0 Å². The molecule has 0 aromatic heterocycles. The Hall–Kier alpha value is -0.653. The van der Waals surface area contributed by atoms with Gasteiger partial charge in [0.1, 0.15) is 6.10 Å². The van der Waals surface area contributed by atoms with Gasteiger partial charge in [-0.1, -0.05) is 13.5 Å². The first kappa shape index (κ1) is 13.3. The van der Waals surface area contributed by atoms with Gasteiger partial charge in [-0.2, -0.15) is 0 Å². The third kappa shape index (κ3) is 5.90. The van der Waals surface area contributed by atoms with Crippen LogP contribution in [0, 0.1) is 0 Å². The molecule has 5 heteroatoms. The van der Waals surface area contributed by atoms with Crippen molar-refractivity contribution in [1.29, 1.82) is 0 Å². The van der Waals surface area contributed by atoms with Crippen LogP contribution in [-0.4, -0.2) is 35.8 Å². The summed E-state index contributed by atoms with van der Waals surface area (Å²) in [5.74, 6) is -0.374. The fourth-order valence-electron chi connectivity index (χ4n) is 0.673. The molecule has 4 nitrogen and oxygen atoms in total. The first-order valence-corrected chi connectivity index (χ1v) is 5.19. The molecule has 0 spiro atoms. The number of esters is 1. The van der Waals surface area contributed by atoms with Crippen LogP contribution in [0.25, 0.3) is 0 Å². The first-order chi connectivity index (χ1) is 6.61. The van der Waals surface area contributed by atoms with E-state index in [0.29, 0.717) is 18.6 Å². The topological polar surface area (TPSA) is 44.8 Å². The minimum Gasteiger partial charge on any atom is -0.457 e. The number of carbonyl (C=O) groups excluding carboxylic acids is 1. The van der Waals surface area contributed by atoms with Crippen LogP contribution in [0.15, 0.2) is 12.2 Å². The highest BCUT2D eigenvalue weighted by atomic mass is 28.3. The van der Waals surface area contributed by atoms with Crippen molar-refractivity contribution < 1.29 is 18.4 Å². The molecule has 14 heavy (non-hydrogen) atoms. The van der Waals surface area contributed by atoms with Crippen molar-refractivity contribution in [3.8, 4) is 0 Å². The molecule has 0 bridgehead atoms. The zero-order valence-electron chi connectivity index (χ0n) is 8.83. The molecule has 0 saturated heterocycles. The van der Waals surface area contributed by atoms with Crippen molar-refractivity contribution in [3.63, 3.8) is 0 Å². The van der Waals surface area contributed by atoms with E-state index >= 15 is 0 Å². The molecule has 1 unspecified atom stereocenters. The number of ether oxygens (including phenoxy) is 1. The van der Waals surface area contributed by atoms with Crippen molar-refractivity contribution in [3.05, 3.63) is 12.2 Å². The van der Waals surface area contributed by atoms with Crippen LogP contribution in [0.4, 0.5) is 0 Å². The van der Waals surface area contributed by atoms with Crippen molar-refractivity contribution in [2.24, 2.45) is 0 Å². The van der Waals surface area contributed by atoms with Gasteiger partial charge in [0.15, 0.2) is 0 Å². The molecule has 1 atom stereocenters.